The van der Waals surface area contributed by atoms with Crippen LogP contribution in [0.25, 0.3) is 0 Å². The minimum atomic E-state index is -0.751. The number of aromatic nitrogens is 1. The fourth-order valence-corrected chi connectivity index (χ4v) is 8.86. The summed E-state index contributed by atoms with van der Waals surface area (Å²) in [6.45, 7) is 14.3. The van der Waals surface area contributed by atoms with Crippen LogP contribution in [0.1, 0.15) is 90.8 Å². The molecule has 1 aliphatic rings. The fourth-order valence-electron chi connectivity index (χ4n) is 8.17. The summed E-state index contributed by atoms with van der Waals surface area (Å²) in [5, 5.41) is 9.02. The minimum absolute atomic E-state index is 0.00751. The predicted molar refractivity (Wildman–Crippen MR) is 218 cm³/mol. The van der Waals surface area contributed by atoms with E-state index < -0.39 is 30.2 Å². The van der Waals surface area contributed by atoms with Gasteiger partial charge in [-0.25, -0.2) is 4.98 Å². The van der Waals surface area contributed by atoms with E-state index in [1.807, 2.05) is 94.2 Å². The Morgan fingerprint density at radius 1 is 0.945 bits per heavy atom. The first-order valence-electron chi connectivity index (χ1n) is 19.9. The number of nitrogens with one attached hydrogen (secondary N) is 2. The summed E-state index contributed by atoms with van der Waals surface area (Å²) >= 11 is 1.51. The Morgan fingerprint density at radius 2 is 1.62 bits per heavy atom. The molecule has 55 heavy (non-hydrogen) atoms. The molecule has 2 heterocycles. The van der Waals surface area contributed by atoms with E-state index in [9.17, 15) is 19.2 Å². The highest BCUT2D eigenvalue weighted by Crippen LogP contribution is 2.30. The van der Waals surface area contributed by atoms with Gasteiger partial charge in [0.2, 0.25) is 23.6 Å². The van der Waals surface area contributed by atoms with Crippen molar-refractivity contribution in [3.8, 4) is 0 Å². The van der Waals surface area contributed by atoms with Gasteiger partial charge in [-0.2, -0.15) is 0 Å². The molecule has 1 fully saturated rings. The number of ether oxygens (including phenoxy) is 2. The zero-order chi connectivity index (χ0) is 41.0. The number of carbonyl (C=O) groups is 4. The molecule has 1 saturated heterocycles. The van der Waals surface area contributed by atoms with E-state index in [0.29, 0.717) is 19.4 Å². The Kier molecular flexibility index (Phi) is 18.2. The van der Waals surface area contributed by atoms with Crippen LogP contribution >= 0.6 is 11.3 Å². The van der Waals surface area contributed by atoms with Crippen molar-refractivity contribution in [3.63, 3.8) is 0 Å². The van der Waals surface area contributed by atoms with Gasteiger partial charge in [-0.1, -0.05) is 85.2 Å². The number of rotatable bonds is 21. The Labute approximate surface area is 334 Å². The Balaban J connectivity index is 1.79. The van der Waals surface area contributed by atoms with Gasteiger partial charge < -0.3 is 29.9 Å². The van der Waals surface area contributed by atoms with Gasteiger partial charge in [0.05, 0.1) is 48.7 Å². The molecule has 2 aromatic rings. The molecular weight excluding hydrogens is 717 g/mol. The van der Waals surface area contributed by atoms with Gasteiger partial charge in [0, 0.05) is 39.4 Å². The lowest BCUT2D eigenvalue weighted by molar-refractivity contribution is -0.148. The first-order valence-corrected chi connectivity index (χ1v) is 20.8. The number of nitrogens with zero attached hydrogens (tertiary/aromatic N) is 4. The summed E-state index contributed by atoms with van der Waals surface area (Å²) in [7, 11) is 8.66. The Morgan fingerprint density at radius 3 is 2.15 bits per heavy atom. The average Bonchev–Trinajstić information content (AvgIpc) is 3.87. The first kappa shape index (κ1) is 46.0. The van der Waals surface area contributed by atoms with Gasteiger partial charge in [0.25, 0.3) is 0 Å². The maximum absolute atomic E-state index is 14.3. The van der Waals surface area contributed by atoms with Crippen molar-refractivity contribution in [1.82, 2.24) is 30.3 Å². The van der Waals surface area contributed by atoms with E-state index in [1.165, 1.54) is 11.3 Å². The lowest BCUT2D eigenvalue weighted by atomic mass is 9.89. The van der Waals surface area contributed by atoms with Crippen LogP contribution in [-0.2, 0) is 35.1 Å². The van der Waals surface area contributed by atoms with Crippen molar-refractivity contribution in [2.75, 3.05) is 41.9 Å². The number of amides is 4. The second kappa shape index (κ2) is 21.8. The van der Waals surface area contributed by atoms with Crippen LogP contribution < -0.4 is 10.6 Å². The van der Waals surface area contributed by atoms with Crippen LogP contribution in [0.15, 0.2) is 41.9 Å². The number of methoxy groups -OCH3 is 2. The van der Waals surface area contributed by atoms with Crippen molar-refractivity contribution < 1.29 is 28.7 Å². The molecule has 1 aromatic heterocycles. The topological polar surface area (TPSA) is 133 Å². The van der Waals surface area contributed by atoms with Gasteiger partial charge in [0.1, 0.15) is 11.0 Å². The first-order chi connectivity index (χ1) is 26.1. The number of likely N-dealkylation sites (tertiary alicyclic amines) is 1. The maximum atomic E-state index is 14.3. The molecule has 13 heteroatoms. The summed E-state index contributed by atoms with van der Waals surface area (Å²) in [5.74, 6) is -1.35. The average molecular weight is 785 g/mol. The molecule has 0 spiro atoms. The monoisotopic (exact) mass is 784 g/mol. The highest BCUT2D eigenvalue weighted by Gasteiger charge is 2.43. The number of carbonyl (C=O) groups excluding carboxylic acids is 4. The molecule has 308 valence electrons. The van der Waals surface area contributed by atoms with Crippen molar-refractivity contribution in [1.29, 1.82) is 0 Å². The quantitative estimate of drug-likeness (QED) is 0.177. The van der Waals surface area contributed by atoms with E-state index in [2.05, 4.69) is 29.5 Å². The minimum Gasteiger partial charge on any atom is -0.379 e. The molecule has 0 aliphatic carbocycles. The summed E-state index contributed by atoms with van der Waals surface area (Å²) in [6.07, 6.45) is 3.49. The van der Waals surface area contributed by atoms with E-state index in [4.69, 9.17) is 9.47 Å². The summed E-state index contributed by atoms with van der Waals surface area (Å²) < 4.78 is 12.1. The number of benzene rings is 1. The molecule has 1 aliphatic heterocycles. The SMILES string of the molecule is CC[C@@H](C)C([C@H](CC(=O)N1CCC[C@@H]1[C@@H](OC)[C@H](C)C(=O)N[C@H](Cc1ccccc1)c1nccs1)OC)N(C)C(=O)[C@H](NC(=O)C(C(C)C)N(C)C)C(C)C. The van der Waals surface area contributed by atoms with Crippen LogP contribution in [-0.4, -0.2) is 122 Å². The lowest BCUT2D eigenvalue weighted by Gasteiger charge is -2.41. The number of likely N-dealkylation sites (N-methyl/N-ethyl adjacent to an activating group) is 2. The van der Waals surface area contributed by atoms with Crippen LogP contribution in [0.5, 0.6) is 0 Å². The molecule has 0 saturated carbocycles. The van der Waals surface area contributed by atoms with Crippen molar-refractivity contribution in [3.05, 3.63) is 52.5 Å². The molecule has 0 radical (unpaired) electrons. The molecule has 2 unspecified atom stereocenters. The van der Waals surface area contributed by atoms with E-state index >= 15 is 0 Å². The second-order valence-electron chi connectivity index (χ2n) is 16.1. The molecule has 0 bridgehead atoms. The molecule has 12 nitrogen and oxygen atoms in total. The standard InChI is InChI=1S/C42H68N6O6S/c1-13-28(6)37(47(10)42(52)35(26(2)3)45-40(51)36(27(4)5)46(8)9)33(53-11)25-34(49)48-22-17-20-32(48)38(54-12)29(7)39(50)44-31(41-43-21-23-55-41)24-30-18-15-14-16-19-30/h14-16,18-19,21,23,26-29,31-33,35-38H,13,17,20,22,24-25H2,1-12H3,(H,44,50)(H,45,51)/t28-,29+,31-,32-,33+,35-,36?,37?,38+/m1/s1. The molecule has 9 atom stereocenters. The van der Waals surface area contributed by atoms with Gasteiger partial charge in [-0.3, -0.25) is 24.1 Å². The normalized spacial score (nSPS) is 19.0. The van der Waals surface area contributed by atoms with Crippen LogP contribution in [0, 0.1) is 23.7 Å². The van der Waals surface area contributed by atoms with E-state index in [1.54, 1.807) is 32.4 Å². The number of hydrogen-bond acceptors (Lipinski definition) is 9. The highest BCUT2D eigenvalue weighted by atomic mass is 32.1. The predicted octanol–water partition coefficient (Wildman–Crippen LogP) is 5.19. The Hall–Kier alpha value is -3.39. The van der Waals surface area contributed by atoms with Crippen LogP contribution in [0.3, 0.4) is 0 Å². The van der Waals surface area contributed by atoms with Gasteiger partial charge in [-0.15, -0.1) is 11.3 Å². The van der Waals surface area contributed by atoms with Crippen LogP contribution in [0.2, 0.25) is 0 Å². The van der Waals surface area contributed by atoms with Crippen LogP contribution in [0.4, 0.5) is 0 Å². The third-order valence-corrected chi connectivity index (χ3v) is 12.2. The Bertz CT molecular complexity index is 1480. The smallest absolute Gasteiger partial charge is 0.245 e. The zero-order valence-corrected chi connectivity index (χ0v) is 36.1. The van der Waals surface area contributed by atoms with E-state index in [0.717, 1.165) is 23.4 Å². The number of hydrogen-bond donors (Lipinski definition) is 2. The third-order valence-electron chi connectivity index (χ3n) is 11.3. The molecule has 3 rings (SSSR count). The van der Waals surface area contributed by atoms with Crippen molar-refractivity contribution >= 4 is 35.0 Å². The van der Waals surface area contributed by atoms with E-state index in [-0.39, 0.29) is 65.9 Å². The van der Waals surface area contributed by atoms with Gasteiger partial charge >= 0.3 is 0 Å². The molecular formula is C42H68N6O6S. The summed E-state index contributed by atoms with van der Waals surface area (Å²) in [6, 6.07) is 7.83. The van der Waals surface area contributed by atoms with Gasteiger partial charge in [0.15, 0.2) is 0 Å². The molecule has 1 aromatic carbocycles. The maximum Gasteiger partial charge on any atom is 0.245 e. The highest BCUT2D eigenvalue weighted by molar-refractivity contribution is 7.09. The largest absolute Gasteiger partial charge is 0.379 e. The summed E-state index contributed by atoms with van der Waals surface area (Å²) in [4.78, 5) is 65.8. The molecule has 4 amide bonds. The molecule has 2 N–H and O–H groups in total. The fraction of sp³-hybridized carbons (Fsp3) is 0.690. The van der Waals surface area contributed by atoms with Crippen molar-refractivity contribution in [2.45, 2.75) is 123 Å². The number of thiazole rings is 1. The van der Waals surface area contributed by atoms with Gasteiger partial charge in [-0.05, 0) is 56.7 Å². The zero-order valence-electron chi connectivity index (χ0n) is 35.3. The van der Waals surface area contributed by atoms with Crippen molar-refractivity contribution in [2.24, 2.45) is 23.7 Å². The summed E-state index contributed by atoms with van der Waals surface area (Å²) in [5.41, 5.74) is 1.09. The second-order valence-corrected chi connectivity index (χ2v) is 17.0. The lowest BCUT2D eigenvalue weighted by Crippen LogP contribution is -2.59. The third kappa shape index (κ3) is 12.1.